The SMILES string of the molecule is CCNC(CCC(C)OC)Cc1ccc(F)cc1Cl. The van der Waals surface area contributed by atoms with Crippen LogP contribution in [0.25, 0.3) is 0 Å². The summed E-state index contributed by atoms with van der Waals surface area (Å²) in [6, 6.07) is 4.94. The Morgan fingerprint density at radius 2 is 2.11 bits per heavy atom. The molecule has 0 radical (unpaired) electrons. The maximum atomic E-state index is 13.0. The molecule has 0 saturated heterocycles. The predicted molar refractivity (Wildman–Crippen MR) is 78.3 cm³/mol. The van der Waals surface area contributed by atoms with Crippen LogP contribution >= 0.6 is 11.6 Å². The maximum Gasteiger partial charge on any atom is 0.124 e. The molecule has 2 nitrogen and oxygen atoms in total. The molecular formula is C15H23ClFNO. The summed E-state index contributed by atoms with van der Waals surface area (Å²) >= 11 is 6.07. The van der Waals surface area contributed by atoms with Crippen LogP contribution in [0.4, 0.5) is 4.39 Å². The molecule has 0 aliphatic rings. The summed E-state index contributed by atoms with van der Waals surface area (Å²) in [5, 5.41) is 3.95. The highest BCUT2D eigenvalue weighted by Crippen LogP contribution is 2.20. The van der Waals surface area contributed by atoms with Crippen LogP contribution in [0, 0.1) is 5.82 Å². The van der Waals surface area contributed by atoms with E-state index in [1.165, 1.54) is 12.1 Å². The first-order chi connectivity index (χ1) is 9.06. The van der Waals surface area contributed by atoms with E-state index in [4.69, 9.17) is 16.3 Å². The van der Waals surface area contributed by atoms with Gasteiger partial charge in [-0.25, -0.2) is 4.39 Å². The molecule has 19 heavy (non-hydrogen) atoms. The number of rotatable bonds is 8. The number of halogens is 2. The Hall–Kier alpha value is -0.640. The number of methoxy groups -OCH3 is 1. The first-order valence-corrected chi connectivity index (χ1v) is 7.14. The van der Waals surface area contributed by atoms with E-state index < -0.39 is 0 Å². The molecule has 0 amide bonds. The highest BCUT2D eigenvalue weighted by molar-refractivity contribution is 6.31. The molecule has 0 aliphatic heterocycles. The van der Waals surface area contributed by atoms with Crippen LogP contribution in [-0.4, -0.2) is 25.8 Å². The van der Waals surface area contributed by atoms with Crippen molar-refractivity contribution in [1.82, 2.24) is 5.32 Å². The Labute approximate surface area is 120 Å². The van der Waals surface area contributed by atoms with Gasteiger partial charge in [-0.2, -0.15) is 0 Å². The zero-order valence-corrected chi connectivity index (χ0v) is 12.6. The highest BCUT2D eigenvalue weighted by atomic mass is 35.5. The van der Waals surface area contributed by atoms with Crippen molar-refractivity contribution in [1.29, 1.82) is 0 Å². The minimum absolute atomic E-state index is 0.254. The van der Waals surface area contributed by atoms with Crippen molar-refractivity contribution in [2.24, 2.45) is 0 Å². The molecule has 108 valence electrons. The zero-order chi connectivity index (χ0) is 14.3. The predicted octanol–water partition coefficient (Wildman–Crippen LogP) is 3.81. The quantitative estimate of drug-likeness (QED) is 0.785. The number of likely N-dealkylation sites (N-methyl/N-ethyl adjacent to an activating group) is 1. The van der Waals surface area contributed by atoms with Gasteiger partial charge in [0.1, 0.15) is 5.82 Å². The first-order valence-electron chi connectivity index (χ1n) is 6.76. The smallest absolute Gasteiger partial charge is 0.124 e. The van der Waals surface area contributed by atoms with E-state index in [1.54, 1.807) is 13.2 Å². The largest absolute Gasteiger partial charge is 0.382 e. The van der Waals surface area contributed by atoms with Gasteiger partial charge in [0.05, 0.1) is 6.10 Å². The van der Waals surface area contributed by atoms with Crippen LogP contribution in [0.5, 0.6) is 0 Å². The van der Waals surface area contributed by atoms with Gasteiger partial charge in [0.25, 0.3) is 0 Å². The van der Waals surface area contributed by atoms with Crippen LogP contribution in [0.1, 0.15) is 32.3 Å². The molecule has 1 aromatic rings. The molecule has 0 aromatic heterocycles. The zero-order valence-electron chi connectivity index (χ0n) is 11.9. The van der Waals surface area contributed by atoms with Gasteiger partial charge < -0.3 is 10.1 Å². The van der Waals surface area contributed by atoms with Gasteiger partial charge in [-0.1, -0.05) is 24.6 Å². The summed E-state index contributed by atoms with van der Waals surface area (Å²) in [6.07, 6.45) is 3.07. The molecule has 0 bridgehead atoms. The summed E-state index contributed by atoms with van der Waals surface area (Å²) in [5.41, 5.74) is 0.985. The lowest BCUT2D eigenvalue weighted by atomic mass is 10.00. The van der Waals surface area contributed by atoms with E-state index in [0.717, 1.165) is 31.4 Å². The van der Waals surface area contributed by atoms with Crippen LogP contribution in [0.2, 0.25) is 5.02 Å². The monoisotopic (exact) mass is 287 g/mol. The summed E-state index contributed by atoms with van der Waals surface area (Å²) in [7, 11) is 1.73. The fourth-order valence-electron chi connectivity index (χ4n) is 2.07. The van der Waals surface area contributed by atoms with Crippen molar-refractivity contribution in [2.45, 2.75) is 45.3 Å². The molecule has 2 atom stereocenters. The summed E-state index contributed by atoms with van der Waals surface area (Å²) in [6.45, 7) is 5.05. The van der Waals surface area contributed by atoms with E-state index in [0.29, 0.717) is 11.1 Å². The maximum absolute atomic E-state index is 13.0. The molecule has 0 saturated carbocycles. The number of benzene rings is 1. The Morgan fingerprint density at radius 3 is 2.68 bits per heavy atom. The van der Waals surface area contributed by atoms with Crippen molar-refractivity contribution in [3.05, 3.63) is 34.6 Å². The van der Waals surface area contributed by atoms with Crippen molar-refractivity contribution in [2.75, 3.05) is 13.7 Å². The molecular weight excluding hydrogens is 265 g/mol. The Balaban J connectivity index is 2.61. The lowest BCUT2D eigenvalue weighted by Crippen LogP contribution is -2.32. The van der Waals surface area contributed by atoms with Crippen molar-refractivity contribution < 1.29 is 9.13 Å². The third-order valence-corrected chi connectivity index (χ3v) is 3.65. The summed E-state index contributed by atoms with van der Waals surface area (Å²) in [5.74, 6) is -0.290. The van der Waals surface area contributed by atoms with Gasteiger partial charge in [0.15, 0.2) is 0 Å². The molecule has 1 N–H and O–H groups in total. The van der Waals surface area contributed by atoms with Crippen LogP contribution < -0.4 is 5.32 Å². The standard InChI is InChI=1S/C15H23ClFNO/c1-4-18-14(8-5-11(2)19-3)9-12-6-7-13(17)10-15(12)16/h6-7,10-11,14,18H,4-5,8-9H2,1-3H3. The van der Waals surface area contributed by atoms with Crippen molar-refractivity contribution in [3.63, 3.8) is 0 Å². The fraction of sp³-hybridized carbons (Fsp3) is 0.600. The van der Waals surface area contributed by atoms with Gasteiger partial charge >= 0.3 is 0 Å². The van der Waals surface area contributed by atoms with Gasteiger partial charge in [-0.3, -0.25) is 0 Å². The highest BCUT2D eigenvalue weighted by Gasteiger charge is 2.13. The first kappa shape index (κ1) is 16.4. The Morgan fingerprint density at radius 1 is 1.37 bits per heavy atom. The van der Waals surface area contributed by atoms with Gasteiger partial charge in [0, 0.05) is 18.2 Å². The van der Waals surface area contributed by atoms with Crippen LogP contribution in [0.15, 0.2) is 18.2 Å². The molecule has 4 heteroatoms. The average Bonchev–Trinajstić information content (AvgIpc) is 2.38. The van der Waals surface area contributed by atoms with E-state index >= 15 is 0 Å². The number of ether oxygens (including phenoxy) is 1. The molecule has 0 fully saturated rings. The van der Waals surface area contributed by atoms with Crippen molar-refractivity contribution >= 4 is 11.6 Å². The third-order valence-electron chi connectivity index (χ3n) is 3.30. The van der Waals surface area contributed by atoms with E-state index in [1.807, 2.05) is 0 Å². The lowest BCUT2D eigenvalue weighted by Gasteiger charge is -2.20. The molecule has 0 heterocycles. The molecule has 0 spiro atoms. The minimum atomic E-state index is -0.290. The van der Waals surface area contributed by atoms with Gasteiger partial charge in [-0.05, 0) is 50.4 Å². The van der Waals surface area contributed by atoms with Crippen LogP contribution in [0.3, 0.4) is 0 Å². The molecule has 2 unspecified atom stereocenters. The molecule has 1 rings (SSSR count). The summed E-state index contributed by atoms with van der Waals surface area (Å²) in [4.78, 5) is 0. The number of hydrogen-bond acceptors (Lipinski definition) is 2. The normalized spacial score (nSPS) is 14.4. The second-order valence-electron chi connectivity index (χ2n) is 4.82. The minimum Gasteiger partial charge on any atom is -0.382 e. The topological polar surface area (TPSA) is 21.3 Å². The second-order valence-corrected chi connectivity index (χ2v) is 5.23. The lowest BCUT2D eigenvalue weighted by molar-refractivity contribution is 0.106. The average molecular weight is 288 g/mol. The summed E-state index contributed by atoms with van der Waals surface area (Å²) < 4.78 is 18.3. The van der Waals surface area contributed by atoms with E-state index in [2.05, 4.69) is 19.2 Å². The second kappa shape index (κ2) is 8.51. The third kappa shape index (κ3) is 5.89. The Kier molecular flexibility index (Phi) is 7.36. The van der Waals surface area contributed by atoms with Gasteiger partial charge in [0.2, 0.25) is 0 Å². The number of nitrogens with one attached hydrogen (secondary N) is 1. The Bertz CT molecular complexity index is 386. The molecule has 0 aliphatic carbocycles. The molecule has 1 aromatic carbocycles. The van der Waals surface area contributed by atoms with E-state index in [-0.39, 0.29) is 11.9 Å². The van der Waals surface area contributed by atoms with Gasteiger partial charge in [-0.15, -0.1) is 0 Å². The van der Waals surface area contributed by atoms with Crippen LogP contribution in [-0.2, 0) is 11.2 Å². The number of hydrogen-bond donors (Lipinski definition) is 1. The van der Waals surface area contributed by atoms with Crippen molar-refractivity contribution in [3.8, 4) is 0 Å². The van der Waals surface area contributed by atoms with E-state index in [9.17, 15) is 4.39 Å². The fourth-order valence-corrected chi connectivity index (χ4v) is 2.32.